The average molecular weight is 699 g/mol. The second kappa shape index (κ2) is 17.3. The smallest absolute Gasteiger partial charge is 0.347 e. The number of rotatable bonds is 11. The molecule has 2 heterocycles. The predicted octanol–water partition coefficient (Wildman–Crippen LogP) is 0.726. The largest absolute Gasteiger partial charge is 0.479 e. The first-order valence-corrected chi connectivity index (χ1v) is 14.9. The lowest BCUT2D eigenvalue weighted by Crippen LogP contribution is -2.58. The molecule has 8 N–H and O–H groups in total. The van der Waals surface area contributed by atoms with Gasteiger partial charge in [0, 0.05) is 29.6 Å². The van der Waals surface area contributed by atoms with E-state index in [1.165, 1.54) is 73.5 Å². The summed E-state index contributed by atoms with van der Waals surface area (Å²) in [7, 11) is 2.19. The summed E-state index contributed by atoms with van der Waals surface area (Å²) in [4.78, 5) is 73.5. The summed E-state index contributed by atoms with van der Waals surface area (Å²) in [5, 5.41) is 72.8. The molecule has 1 aliphatic heterocycles. The highest BCUT2D eigenvalue weighted by Gasteiger charge is 2.55. The zero-order valence-electron chi connectivity index (χ0n) is 27.2. The molecule has 5 unspecified atom stereocenters. The summed E-state index contributed by atoms with van der Waals surface area (Å²) in [6.45, 7) is 4.67. The molecule has 1 saturated heterocycles. The number of aromatic nitrogens is 1. The van der Waals surface area contributed by atoms with Crippen molar-refractivity contribution >= 4 is 35.4 Å². The number of carbonyl (C=O) groups is 6. The van der Waals surface area contributed by atoms with Gasteiger partial charge < -0.3 is 40.9 Å². The van der Waals surface area contributed by atoms with Gasteiger partial charge in [0.15, 0.2) is 12.2 Å². The Hall–Kier alpha value is -5.39. The number of carboxylic acids is 4. The fourth-order valence-corrected chi connectivity index (χ4v) is 4.79. The number of aryl methyl sites for hydroxylation is 2. The maximum absolute atomic E-state index is 11.9. The topological polar surface area (TPSA) is 280 Å². The fraction of sp³-hybridized carbons (Fsp3) is 0.324. The number of hydrogen-bond acceptors (Lipinski definition) is 12. The van der Waals surface area contributed by atoms with E-state index in [2.05, 4.69) is 23.0 Å². The third-order valence-electron chi connectivity index (χ3n) is 7.82. The van der Waals surface area contributed by atoms with Crippen LogP contribution in [0.15, 0.2) is 73.1 Å². The molecule has 16 heteroatoms. The van der Waals surface area contributed by atoms with Crippen LogP contribution in [0.2, 0.25) is 0 Å². The van der Waals surface area contributed by atoms with Crippen molar-refractivity contribution in [3.8, 4) is 0 Å². The number of carbonyl (C=O) groups excluding carboxylic acids is 2. The zero-order valence-corrected chi connectivity index (χ0v) is 27.2. The Balaban J connectivity index is 0.000000267. The van der Waals surface area contributed by atoms with E-state index in [9.17, 15) is 49.2 Å². The van der Waals surface area contributed by atoms with Crippen LogP contribution in [0.1, 0.15) is 56.3 Å². The molecular weight excluding hydrogens is 660 g/mol. The van der Waals surface area contributed by atoms with E-state index in [1.54, 1.807) is 13.8 Å². The van der Waals surface area contributed by atoms with E-state index >= 15 is 0 Å². The van der Waals surface area contributed by atoms with Crippen LogP contribution in [0.3, 0.4) is 0 Å². The zero-order chi connectivity index (χ0) is 38.0. The number of nitrogens with zero attached hydrogens (tertiary/aromatic N) is 2. The maximum Gasteiger partial charge on any atom is 0.347 e. The van der Waals surface area contributed by atoms with Crippen LogP contribution < -0.4 is 0 Å². The Kier molecular flexibility index (Phi) is 14.1. The van der Waals surface area contributed by atoms with Crippen LogP contribution in [-0.4, -0.2) is 123 Å². The van der Waals surface area contributed by atoms with Crippen molar-refractivity contribution in [1.29, 1.82) is 0 Å². The first kappa shape index (κ1) is 40.8. The Morgan fingerprint density at radius 2 is 1.12 bits per heavy atom. The molecule has 1 aliphatic rings. The van der Waals surface area contributed by atoms with Gasteiger partial charge in [-0.3, -0.25) is 19.5 Å². The summed E-state index contributed by atoms with van der Waals surface area (Å²) in [5.74, 6) is -11.1. The van der Waals surface area contributed by atoms with Crippen molar-refractivity contribution in [3.05, 3.63) is 101 Å². The van der Waals surface area contributed by atoms with E-state index < -0.39 is 58.9 Å². The number of aliphatic carboxylic acids is 4. The van der Waals surface area contributed by atoms with Crippen LogP contribution in [0.25, 0.3) is 0 Å². The number of ketones is 2. The molecular formula is C34H38N2O14. The van der Waals surface area contributed by atoms with Crippen LogP contribution in [-0.2, 0) is 19.2 Å². The van der Waals surface area contributed by atoms with Gasteiger partial charge in [0.2, 0.25) is 11.6 Å². The first-order valence-electron chi connectivity index (χ1n) is 14.9. The number of aliphatic hydroxyl groups is 4. The van der Waals surface area contributed by atoms with Gasteiger partial charge in [-0.25, -0.2) is 19.2 Å². The third-order valence-corrected chi connectivity index (χ3v) is 7.82. The predicted molar refractivity (Wildman–Crippen MR) is 172 cm³/mol. The fourth-order valence-electron chi connectivity index (χ4n) is 4.79. The molecule has 2 aromatic carbocycles. The summed E-state index contributed by atoms with van der Waals surface area (Å²) in [5.41, 5.74) is -4.35. The van der Waals surface area contributed by atoms with Crippen molar-refractivity contribution in [2.45, 2.75) is 56.1 Å². The molecule has 4 rings (SSSR count). The highest BCUT2D eigenvalue weighted by Crippen LogP contribution is 2.29. The van der Waals surface area contributed by atoms with Crippen molar-refractivity contribution in [2.24, 2.45) is 0 Å². The molecule has 0 saturated carbocycles. The van der Waals surface area contributed by atoms with Crippen molar-refractivity contribution in [2.75, 3.05) is 13.6 Å². The number of benzene rings is 2. The minimum atomic E-state index is -3.43. The lowest BCUT2D eigenvalue weighted by Gasteiger charge is -2.24. The standard InChI is InChI=1S/2C12H12O7.C10H14N2/c2*1-6-2-4-7(5-3-6)8(13)12(19,11(17)18)9(14)10(15)16;1-12-7-3-5-10(12)9-4-2-6-11-8-9/h2*2-5,9,14,19H,1H3,(H,15,16)(H,17,18);2,4,6,8,10H,3,5,7H2,1H3. The van der Waals surface area contributed by atoms with Crippen LogP contribution in [0.5, 0.6) is 0 Å². The van der Waals surface area contributed by atoms with E-state index in [0.717, 1.165) is 11.1 Å². The molecule has 1 aromatic heterocycles. The second-order valence-electron chi connectivity index (χ2n) is 11.4. The molecule has 50 heavy (non-hydrogen) atoms. The van der Waals surface area contributed by atoms with Crippen LogP contribution in [0, 0.1) is 13.8 Å². The number of likely N-dealkylation sites (tertiary alicyclic amines) is 1. The van der Waals surface area contributed by atoms with Gasteiger partial charge in [-0.05, 0) is 51.9 Å². The molecule has 0 radical (unpaired) electrons. The maximum atomic E-state index is 11.9. The van der Waals surface area contributed by atoms with Crippen molar-refractivity contribution in [1.82, 2.24) is 9.88 Å². The molecule has 0 aliphatic carbocycles. The summed E-state index contributed by atoms with van der Waals surface area (Å²) >= 11 is 0. The van der Waals surface area contributed by atoms with E-state index in [-0.39, 0.29) is 11.1 Å². The number of aliphatic hydroxyl groups excluding tert-OH is 2. The van der Waals surface area contributed by atoms with Crippen LogP contribution >= 0.6 is 0 Å². The van der Waals surface area contributed by atoms with Gasteiger partial charge >= 0.3 is 23.9 Å². The van der Waals surface area contributed by atoms with Gasteiger partial charge in [0.1, 0.15) is 0 Å². The monoisotopic (exact) mass is 698 g/mol. The number of hydrogen-bond donors (Lipinski definition) is 8. The van der Waals surface area contributed by atoms with E-state index in [1.807, 2.05) is 18.5 Å². The number of pyridine rings is 1. The minimum absolute atomic E-state index is 0.212. The Labute approximate surface area is 285 Å². The lowest BCUT2D eigenvalue weighted by atomic mass is 9.87. The highest BCUT2D eigenvalue weighted by atomic mass is 16.5. The molecule has 0 amide bonds. The Morgan fingerprint density at radius 3 is 1.40 bits per heavy atom. The quantitative estimate of drug-likeness (QED) is 0.101. The van der Waals surface area contributed by atoms with Gasteiger partial charge in [-0.2, -0.15) is 0 Å². The molecule has 5 atom stereocenters. The van der Waals surface area contributed by atoms with Crippen molar-refractivity contribution < 1.29 is 69.6 Å². The highest BCUT2D eigenvalue weighted by molar-refractivity contribution is 6.18. The van der Waals surface area contributed by atoms with Gasteiger partial charge in [-0.1, -0.05) is 65.7 Å². The van der Waals surface area contributed by atoms with E-state index in [4.69, 9.17) is 20.4 Å². The average Bonchev–Trinajstić information content (AvgIpc) is 3.53. The summed E-state index contributed by atoms with van der Waals surface area (Å²) in [6, 6.07) is 15.7. The lowest BCUT2D eigenvalue weighted by molar-refractivity contribution is -0.175. The summed E-state index contributed by atoms with van der Waals surface area (Å²) in [6.07, 6.45) is 0.876. The summed E-state index contributed by atoms with van der Waals surface area (Å²) < 4.78 is 0. The van der Waals surface area contributed by atoms with Gasteiger partial charge in [0.05, 0.1) is 0 Å². The second-order valence-corrected chi connectivity index (χ2v) is 11.4. The van der Waals surface area contributed by atoms with Crippen LogP contribution in [0.4, 0.5) is 0 Å². The molecule has 1 fully saturated rings. The Bertz CT molecular complexity index is 1580. The molecule has 268 valence electrons. The molecule has 0 spiro atoms. The molecule has 0 bridgehead atoms. The number of carboxylic acid groups (broad SMARTS) is 4. The Morgan fingerprint density at radius 1 is 0.720 bits per heavy atom. The van der Waals surface area contributed by atoms with Gasteiger partial charge in [0.25, 0.3) is 11.2 Å². The number of Topliss-reactive ketones (excluding diaryl/α,β-unsaturated/α-hetero) is 2. The van der Waals surface area contributed by atoms with E-state index in [0.29, 0.717) is 6.04 Å². The molecule has 16 nitrogen and oxygen atoms in total. The minimum Gasteiger partial charge on any atom is -0.479 e. The SMILES string of the molecule is CN1CCCC1c1cccnc1.Cc1ccc(C(=O)C(O)(C(=O)O)C(O)C(=O)O)cc1.Cc1ccc(C(=O)C(O)(C(=O)O)C(O)C(=O)O)cc1. The third kappa shape index (κ3) is 9.40. The normalized spacial score (nSPS) is 17.5. The van der Waals surface area contributed by atoms with Gasteiger partial charge in [-0.15, -0.1) is 0 Å². The first-order chi connectivity index (χ1) is 23.3. The molecule has 3 aromatic rings. The van der Waals surface area contributed by atoms with Crippen molar-refractivity contribution in [3.63, 3.8) is 0 Å².